The van der Waals surface area contributed by atoms with E-state index in [4.69, 9.17) is 0 Å². The molecule has 1 fully saturated rings. The molecule has 1 aromatic heterocycles. The van der Waals surface area contributed by atoms with E-state index in [0.29, 0.717) is 12.5 Å². The van der Waals surface area contributed by atoms with Crippen LogP contribution in [-0.4, -0.2) is 9.55 Å². The lowest BCUT2D eigenvalue weighted by atomic mass is 9.88. The molecule has 0 radical (unpaired) electrons. The Balaban J connectivity index is 1.82. The van der Waals surface area contributed by atoms with E-state index in [0.717, 1.165) is 15.9 Å². The zero-order chi connectivity index (χ0) is 13.9. The minimum Gasteiger partial charge on any atom is -0.330 e. The number of hydrogen-bond acceptors (Lipinski definition) is 1. The summed E-state index contributed by atoms with van der Waals surface area (Å²) in [5.74, 6) is 1.52. The van der Waals surface area contributed by atoms with Gasteiger partial charge in [-0.15, -0.1) is 0 Å². The first-order valence-electron chi connectivity index (χ1n) is 7.18. The Bertz CT molecular complexity index is 568. The van der Waals surface area contributed by atoms with Gasteiger partial charge in [-0.1, -0.05) is 35.2 Å². The quantitative estimate of drug-likeness (QED) is 0.780. The van der Waals surface area contributed by atoms with Gasteiger partial charge in [0.1, 0.15) is 11.6 Å². The molecule has 106 valence electrons. The van der Waals surface area contributed by atoms with Gasteiger partial charge in [-0.05, 0) is 36.6 Å². The third-order valence-corrected chi connectivity index (χ3v) is 4.45. The molecule has 2 nitrogen and oxygen atoms in total. The van der Waals surface area contributed by atoms with Crippen molar-refractivity contribution in [2.24, 2.45) is 0 Å². The van der Waals surface area contributed by atoms with E-state index in [1.165, 1.54) is 38.2 Å². The highest BCUT2D eigenvalue weighted by molar-refractivity contribution is 9.10. The highest BCUT2D eigenvalue weighted by atomic mass is 79.9. The van der Waals surface area contributed by atoms with Crippen LogP contribution < -0.4 is 0 Å². The number of hydrogen-bond donors (Lipinski definition) is 0. The topological polar surface area (TPSA) is 17.8 Å². The zero-order valence-electron chi connectivity index (χ0n) is 11.4. The molecule has 0 aliphatic heterocycles. The predicted molar refractivity (Wildman–Crippen MR) is 81.3 cm³/mol. The van der Waals surface area contributed by atoms with Crippen molar-refractivity contribution in [1.82, 2.24) is 9.55 Å². The fraction of sp³-hybridized carbons (Fsp3) is 0.438. The average molecular weight is 337 g/mol. The fourth-order valence-corrected chi connectivity index (χ4v) is 3.59. The van der Waals surface area contributed by atoms with Crippen LogP contribution in [0.4, 0.5) is 4.39 Å². The molecular weight excluding hydrogens is 319 g/mol. The first-order valence-corrected chi connectivity index (χ1v) is 7.97. The van der Waals surface area contributed by atoms with Crippen LogP contribution in [0.15, 0.2) is 35.1 Å². The summed E-state index contributed by atoms with van der Waals surface area (Å²) in [4.78, 5) is 4.54. The molecule has 3 rings (SSSR count). The fourth-order valence-electron chi connectivity index (χ4n) is 3.07. The largest absolute Gasteiger partial charge is 0.330 e. The molecule has 0 saturated heterocycles. The molecule has 0 unspecified atom stereocenters. The number of imidazole rings is 1. The lowest BCUT2D eigenvalue weighted by Gasteiger charge is -2.22. The first kappa shape index (κ1) is 13.8. The van der Waals surface area contributed by atoms with Crippen LogP contribution >= 0.6 is 15.9 Å². The molecule has 4 heteroatoms. The molecule has 1 aliphatic carbocycles. The Kier molecular flexibility index (Phi) is 4.20. The summed E-state index contributed by atoms with van der Waals surface area (Å²) in [5, 5.41) is 0. The highest BCUT2D eigenvalue weighted by Crippen LogP contribution is 2.32. The number of rotatable bonds is 3. The second-order valence-corrected chi connectivity index (χ2v) is 6.44. The van der Waals surface area contributed by atoms with E-state index in [2.05, 4.69) is 25.5 Å². The van der Waals surface area contributed by atoms with Gasteiger partial charge in [0.15, 0.2) is 0 Å². The summed E-state index contributed by atoms with van der Waals surface area (Å²) in [6.07, 6.45) is 10.2. The van der Waals surface area contributed by atoms with Gasteiger partial charge in [-0.25, -0.2) is 9.37 Å². The molecule has 0 spiro atoms. The van der Waals surface area contributed by atoms with Crippen molar-refractivity contribution >= 4 is 15.9 Å². The maximum atomic E-state index is 13.5. The van der Waals surface area contributed by atoms with Crippen LogP contribution in [0.3, 0.4) is 0 Å². The van der Waals surface area contributed by atoms with Crippen LogP contribution in [0.25, 0.3) is 0 Å². The van der Waals surface area contributed by atoms with E-state index < -0.39 is 0 Å². The van der Waals surface area contributed by atoms with Crippen molar-refractivity contribution in [3.63, 3.8) is 0 Å². The molecule has 0 bridgehead atoms. The summed E-state index contributed by atoms with van der Waals surface area (Å²) in [6, 6.07) is 5.04. The number of nitrogens with zero attached hydrogens (tertiary/aromatic N) is 2. The minimum atomic E-state index is -0.200. The molecule has 0 atom stereocenters. The van der Waals surface area contributed by atoms with E-state index in [9.17, 15) is 4.39 Å². The summed E-state index contributed by atoms with van der Waals surface area (Å²) >= 11 is 3.35. The van der Waals surface area contributed by atoms with E-state index in [-0.39, 0.29) is 5.82 Å². The summed E-state index contributed by atoms with van der Waals surface area (Å²) < 4.78 is 16.4. The van der Waals surface area contributed by atoms with Crippen LogP contribution in [0, 0.1) is 5.82 Å². The van der Waals surface area contributed by atoms with Crippen LogP contribution in [0.2, 0.25) is 0 Å². The monoisotopic (exact) mass is 336 g/mol. The predicted octanol–water partition coefficient (Wildman–Crippen LogP) is 4.88. The number of benzene rings is 1. The third kappa shape index (κ3) is 3.11. The maximum absolute atomic E-state index is 13.5. The van der Waals surface area contributed by atoms with Crippen molar-refractivity contribution < 1.29 is 4.39 Å². The lowest BCUT2D eigenvalue weighted by Crippen LogP contribution is -2.12. The van der Waals surface area contributed by atoms with Gasteiger partial charge in [0.05, 0.1) is 0 Å². The van der Waals surface area contributed by atoms with Crippen molar-refractivity contribution in [2.45, 2.75) is 44.6 Å². The van der Waals surface area contributed by atoms with E-state index in [1.54, 1.807) is 6.07 Å². The second kappa shape index (κ2) is 6.08. The number of aromatic nitrogens is 2. The molecule has 0 amide bonds. The molecule has 1 heterocycles. The van der Waals surface area contributed by atoms with E-state index in [1.807, 2.05) is 18.5 Å². The number of halogens is 2. The molecule has 0 N–H and O–H groups in total. The second-order valence-electron chi connectivity index (χ2n) is 5.53. The standard InChI is InChI=1S/C16H18BrFN2/c17-14-8-12(9-15(18)10-14)11-20-7-6-19-16(20)13-4-2-1-3-5-13/h6-10,13H,1-5,11H2. The Morgan fingerprint density at radius 1 is 1.20 bits per heavy atom. The normalized spacial score (nSPS) is 16.5. The summed E-state index contributed by atoms with van der Waals surface area (Å²) in [5.41, 5.74) is 0.965. The molecular formula is C16H18BrFN2. The Morgan fingerprint density at radius 2 is 2.00 bits per heavy atom. The van der Waals surface area contributed by atoms with Gasteiger partial charge in [-0.3, -0.25) is 0 Å². The molecule has 1 aliphatic rings. The molecule has 1 aromatic carbocycles. The van der Waals surface area contributed by atoms with Gasteiger partial charge in [-0.2, -0.15) is 0 Å². The van der Waals surface area contributed by atoms with E-state index >= 15 is 0 Å². The molecule has 2 aromatic rings. The van der Waals surface area contributed by atoms with Gasteiger partial charge in [0, 0.05) is 29.3 Å². The van der Waals surface area contributed by atoms with Crippen molar-refractivity contribution in [1.29, 1.82) is 0 Å². The lowest BCUT2D eigenvalue weighted by molar-refractivity contribution is 0.418. The van der Waals surface area contributed by atoms with Gasteiger partial charge < -0.3 is 4.57 Å². The molecule has 20 heavy (non-hydrogen) atoms. The van der Waals surface area contributed by atoms with Gasteiger partial charge in [0.25, 0.3) is 0 Å². The maximum Gasteiger partial charge on any atom is 0.124 e. The van der Waals surface area contributed by atoms with Gasteiger partial charge >= 0.3 is 0 Å². The Labute approximate surface area is 127 Å². The minimum absolute atomic E-state index is 0.200. The SMILES string of the molecule is Fc1cc(Br)cc(Cn2ccnc2C2CCCCC2)c1. The Morgan fingerprint density at radius 3 is 2.75 bits per heavy atom. The smallest absolute Gasteiger partial charge is 0.124 e. The highest BCUT2D eigenvalue weighted by Gasteiger charge is 2.19. The molecule has 1 saturated carbocycles. The van der Waals surface area contributed by atoms with Crippen LogP contribution in [0.5, 0.6) is 0 Å². The van der Waals surface area contributed by atoms with Crippen molar-refractivity contribution in [2.75, 3.05) is 0 Å². The Hall–Kier alpha value is -1.16. The van der Waals surface area contributed by atoms with Crippen molar-refractivity contribution in [3.05, 3.63) is 52.3 Å². The first-order chi connectivity index (χ1) is 9.72. The average Bonchev–Trinajstić information content (AvgIpc) is 2.86. The van der Waals surface area contributed by atoms with Gasteiger partial charge in [0.2, 0.25) is 0 Å². The summed E-state index contributed by atoms with van der Waals surface area (Å²) in [7, 11) is 0. The van der Waals surface area contributed by atoms with Crippen LogP contribution in [0.1, 0.15) is 49.4 Å². The third-order valence-electron chi connectivity index (χ3n) is 3.99. The summed E-state index contributed by atoms with van der Waals surface area (Å²) in [6.45, 7) is 0.683. The zero-order valence-corrected chi connectivity index (χ0v) is 12.9. The van der Waals surface area contributed by atoms with Crippen LogP contribution in [-0.2, 0) is 6.54 Å². The van der Waals surface area contributed by atoms with Crippen molar-refractivity contribution in [3.8, 4) is 0 Å².